The highest BCUT2D eigenvalue weighted by Gasteiger charge is 2.52. The van der Waals surface area contributed by atoms with Gasteiger partial charge in [0.05, 0.1) is 7.11 Å². The molecule has 2 rings (SSSR count). The number of ketones is 2. The molecule has 1 aliphatic rings. The fourth-order valence-electron chi connectivity index (χ4n) is 3.86. The van der Waals surface area contributed by atoms with Gasteiger partial charge < -0.3 is 24.6 Å². The van der Waals surface area contributed by atoms with E-state index in [1.807, 2.05) is 18.2 Å². The van der Waals surface area contributed by atoms with Gasteiger partial charge in [-0.2, -0.15) is 0 Å². The molecular weight excluding hydrogens is 466 g/mol. The molecule has 2 N–H and O–H groups in total. The van der Waals surface area contributed by atoms with E-state index in [9.17, 15) is 24.3 Å². The van der Waals surface area contributed by atoms with E-state index in [0.29, 0.717) is 6.42 Å². The average molecular weight is 502 g/mol. The van der Waals surface area contributed by atoms with E-state index in [1.54, 1.807) is 39.8 Å². The van der Waals surface area contributed by atoms with E-state index >= 15 is 0 Å². The normalized spacial score (nSPS) is 19.6. The van der Waals surface area contributed by atoms with Gasteiger partial charge in [0.15, 0.2) is 11.5 Å². The zero-order valence-electron chi connectivity index (χ0n) is 21.8. The maximum atomic E-state index is 13.5. The predicted octanol–water partition coefficient (Wildman–Crippen LogP) is 4.17. The van der Waals surface area contributed by atoms with Crippen molar-refractivity contribution in [3.63, 3.8) is 0 Å². The van der Waals surface area contributed by atoms with E-state index in [1.165, 1.54) is 21.0 Å². The fourth-order valence-corrected chi connectivity index (χ4v) is 3.86. The molecular formula is C27H35NO8. The molecule has 1 aromatic carbocycles. The maximum absolute atomic E-state index is 13.5. The number of hydrogen-bond acceptors (Lipinski definition) is 8. The molecule has 0 aliphatic heterocycles. The molecule has 3 atom stereocenters. The SMILES string of the molecule is CCC(C)C(=O)C1=C(O)C(C)=C(OC)C(C)(OC(=O)[C@@H](NC(=O)OCc2ccccc2)C(C)C)C1=O. The second-order valence-electron chi connectivity index (χ2n) is 9.27. The Bertz CT molecular complexity index is 1070. The summed E-state index contributed by atoms with van der Waals surface area (Å²) in [6.07, 6.45) is -0.387. The standard InChI is InChI=1S/C27H35NO8/c1-8-16(4)21(29)19-22(30)17(5)24(34-7)27(6,23(19)31)36-25(32)20(15(2)3)28-26(33)35-14-18-12-10-9-11-13-18/h9-13,15-16,20,30H,8,14H2,1-7H3,(H,28,33)/t16?,20-,27?/m0/s1. The van der Waals surface area contributed by atoms with Gasteiger partial charge in [0.1, 0.15) is 24.0 Å². The summed E-state index contributed by atoms with van der Waals surface area (Å²) in [7, 11) is 1.27. The third kappa shape index (κ3) is 5.95. The number of hydrogen-bond donors (Lipinski definition) is 2. The molecule has 2 unspecified atom stereocenters. The second-order valence-corrected chi connectivity index (χ2v) is 9.27. The number of aliphatic hydroxyl groups is 1. The van der Waals surface area contributed by atoms with E-state index in [4.69, 9.17) is 14.2 Å². The van der Waals surface area contributed by atoms with Crippen LogP contribution < -0.4 is 5.32 Å². The molecule has 0 saturated carbocycles. The van der Waals surface area contributed by atoms with Crippen LogP contribution in [0.1, 0.15) is 53.5 Å². The van der Waals surface area contributed by atoms with E-state index in [-0.39, 0.29) is 17.9 Å². The highest BCUT2D eigenvalue weighted by molar-refractivity contribution is 6.26. The van der Waals surface area contributed by atoms with Crippen LogP contribution in [-0.4, -0.2) is 47.5 Å². The Kier molecular flexibility index (Phi) is 9.44. The van der Waals surface area contributed by atoms with Crippen molar-refractivity contribution in [2.24, 2.45) is 11.8 Å². The summed E-state index contributed by atoms with van der Waals surface area (Å²) in [4.78, 5) is 52.1. The van der Waals surface area contributed by atoms with Crippen LogP contribution in [0.15, 0.2) is 53.0 Å². The minimum atomic E-state index is -2.02. The molecule has 1 aliphatic carbocycles. The third-order valence-electron chi connectivity index (χ3n) is 6.25. The molecule has 1 aromatic rings. The average Bonchev–Trinajstić information content (AvgIpc) is 2.85. The summed E-state index contributed by atoms with van der Waals surface area (Å²) < 4.78 is 16.2. The number of nitrogens with one attached hydrogen (secondary N) is 1. The minimum absolute atomic E-state index is 0.00362. The molecule has 0 bridgehead atoms. The van der Waals surface area contributed by atoms with Crippen LogP contribution in [0, 0.1) is 11.8 Å². The summed E-state index contributed by atoms with van der Waals surface area (Å²) >= 11 is 0. The summed E-state index contributed by atoms with van der Waals surface area (Å²) in [5.41, 5.74) is -1.58. The number of carbonyl (C=O) groups excluding carboxylic acids is 4. The van der Waals surface area contributed by atoms with Gasteiger partial charge in [-0.15, -0.1) is 0 Å². The van der Waals surface area contributed by atoms with E-state index < -0.39 is 58.4 Å². The Labute approximate surface area is 211 Å². The van der Waals surface area contributed by atoms with Crippen molar-refractivity contribution in [1.82, 2.24) is 5.32 Å². The van der Waals surface area contributed by atoms with Gasteiger partial charge >= 0.3 is 12.1 Å². The number of methoxy groups -OCH3 is 1. The Morgan fingerprint density at radius 2 is 1.72 bits per heavy atom. The van der Waals surface area contributed by atoms with Crippen LogP contribution >= 0.6 is 0 Å². The number of Topliss-reactive ketones (excluding diaryl/α,β-unsaturated/α-hetero) is 2. The van der Waals surface area contributed by atoms with Crippen molar-refractivity contribution in [1.29, 1.82) is 0 Å². The van der Waals surface area contributed by atoms with Gasteiger partial charge in [0.25, 0.3) is 0 Å². The lowest BCUT2D eigenvalue weighted by molar-refractivity contribution is -0.167. The molecule has 0 fully saturated rings. The molecule has 0 aromatic heterocycles. The third-order valence-corrected chi connectivity index (χ3v) is 6.25. The largest absolute Gasteiger partial charge is 0.507 e. The first-order valence-corrected chi connectivity index (χ1v) is 11.9. The zero-order chi connectivity index (χ0) is 27.2. The monoisotopic (exact) mass is 501 g/mol. The van der Waals surface area contributed by atoms with Crippen molar-refractivity contribution >= 4 is 23.6 Å². The molecule has 36 heavy (non-hydrogen) atoms. The first kappa shape index (κ1) is 28.6. The van der Waals surface area contributed by atoms with Crippen molar-refractivity contribution in [2.45, 2.75) is 66.2 Å². The van der Waals surface area contributed by atoms with Gasteiger partial charge in [-0.05, 0) is 31.7 Å². The highest BCUT2D eigenvalue weighted by atomic mass is 16.6. The number of alkyl carbamates (subject to hydrolysis) is 1. The minimum Gasteiger partial charge on any atom is -0.507 e. The van der Waals surface area contributed by atoms with Gasteiger partial charge in [0.2, 0.25) is 11.4 Å². The molecule has 196 valence electrons. The van der Waals surface area contributed by atoms with Gasteiger partial charge in [0, 0.05) is 11.5 Å². The predicted molar refractivity (Wildman–Crippen MR) is 132 cm³/mol. The van der Waals surface area contributed by atoms with Gasteiger partial charge in [-0.25, -0.2) is 9.59 Å². The number of benzene rings is 1. The van der Waals surface area contributed by atoms with E-state index in [2.05, 4.69) is 5.32 Å². The molecule has 9 nitrogen and oxygen atoms in total. The summed E-state index contributed by atoms with van der Waals surface area (Å²) in [5, 5.41) is 13.1. The molecule has 9 heteroatoms. The highest BCUT2D eigenvalue weighted by Crippen LogP contribution is 2.38. The Hall–Kier alpha value is -3.62. The van der Waals surface area contributed by atoms with Crippen LogP contribution in [0.2, 0.25) is 0 Å². The topological polar surface area (TPSA) is 128 Å². The van der Waals surface area contributed by atoms with Gasteiger partial charge in [-0.3, -0.25) is 9.59 Å². The van der Waals surface area contributed by atoms with Crippen molar-refractivity contribution < 1.29 is 38.5 Å². The number of rotatable bonds is 10. The molecule has 0 radical (unpaired) electrons. The van der Waals surface area contributed by atoms with Crippen LogP contribution in [-0.2, 0) is 35.2 Å². The van der Waals surface area contributed by atoms with Crippen molar-refractivity contribution in [2.75, 3.05) is 7.11 Å². The molecule has 0 spiro atoms. The number of amides is 1. The summed E-state index contributed by atoms with van der Waals surface area (Å²) in [6, 6.07) is 7.87. The quantitative estimate of drug-likeness (QED) is 0.361. The number of allylic oxidation sites excluding steroid dienone is 1. The Balaban J connectivity index is 2.29. The summed E-state index contributed by atoms with van der Waals surface area (Å²) in [6.45, 7) is 9.58. The van der Waals surface area contributed by atoms with Crippen LogP contribution in [0.25, 0.3) is 0 Å². The number of carbonyl (C=O) groups is 4. The zero-order valence-corrected chi connectivity index (χ0v) is 21.8. The van der Waals surface area contributed by atoms with Crippen molar-refractivity contribution in [3.05, 3.63) is 58.6 Å². The second kappa shape index (κ2) is 11.9. The lowest BCUT2D eigenvalue weighted by Crippen LogP contribution is -2.53. The lowest BCUT2D eigenvalue weighted by Gasteiger charge is -2.36. The Morgan fingerprint density at radius 1 is 1.11 bits per heavy atom. The fraction of sp³-hybridized carbons (Fsp3) is 0.481. The van der Waals surface area contributed by atoms with Gasteiger partial charge in [-0.1, -0.05) is 58.0 Å². The summed E-state index contributed by atoms with van der Waals surface area (Å²) in [5.74, 6) is -3.93. The lowest BCUT2D eigenvalue weighted by atomic mass is 9.79. The van der Waals surface area contributed by atoms with Crippen LogP contribution in [0.4, 0.5) is 4.79 Å². The smallest absolute Gasteiger partial charge is 0.408 e. The van der Waals surface area contributed by atoms with Crippen LogP contribution in [0.3, 0.4) is 0 Å². The first-order valence-electron chi connectivity index (χ1n) is 11.9. The van der Waals surface area contributed by atoms with Crippen molar-refractivity contribution in [3.8, 4) is 0 Å². The number of esters is 1. The maximum Gasteiger partial charge on any atom is 0.408 e. The molecule has 0 saturated heterocycles. The molecule has 1 amide bonds. The van der Waals surface area contributed by atoms with Crippen LogP contribution in [0.5, 0.6) is 0 Å². The first-order chi connectivity index (χ1) is 16.9. The Morgan fingerprint density at radius 3 is 2.25 bits per heavy atom. The van der Waals surface area contributed by atoms with E-state index in [0.717, 1.165) is 5.56 Å². The number of aliphatic hydroxyl groups excluding tert-OH is 1. The number of ether oxygens (including phenoxy) is 3. The molecule has 0 heterocycles.